The van der Waals surface area contributed by atoms with Crippen LogP contribution in [-0.4, -0.2) is 46.9 Å². The maximum atomic E-state index is 13.3. The second-order valence-electron chi connectivity index (χ2n) is 19.0. The van der Waals surface area contributed by atoms with Crippen molar-refractivity contribution in [1.82, 2.24) is 5.32 Å². The topological polar surface area (TPSA) is 95.9 Å². The lowest BCUT2D eigenvalue weighted by atomic mass is 10.0. The van der Waals surface area contributed by atoms with Crippen molar-refractivity contribution >= 4 is 11.9 Å². The standard InChI is InChI=1S/C61H107NO5/c1-4-7-10-13-16-19-22-25-28-30-32-34-37-40-43-46-49-52-57(67-61(66)54-51-48-45-42-39-36-33-31-29-26-23-20-17-14-11-8-5-2)55-60(65)62-58(56-63)59(64)53-50-47-44-41-38-35-27-24-21-18-15-12-9-6-3/h7,10,16-17,19-20,25-26,28-29,32,34,40,43,57-59,63-64H,4-6,8-9,11-15,18,21-24,27,30-31,33,35-39,41-42,44-56H2,1-3H3,(H,62,65)/b10-7-,19-16-,20-17-,28-25-,29-26-,34-32-,43-40-. The molecule has 6 heteroatoms. The van der Waals surface area contributed by atoms with Gasteiger partial charge in [-0.3, -0.25) is 9.59 Å². The van der Waals surface area contributed by atoms with Gasteiger partial charge in [-0.25, -0.2) is 0 Å². The summed E-state index contributed by atoms with van der Waals surface area (Å²) in [4.78, 5) is 26.3. The Balaban J connectivity index is 4.69. The van der Waals surface area contributed by atoms with Gasteiger partial charge in [0.1, 0.15) is 6.10 Å². The molecule has 0 saturated carbocycles. The van der Waals surface area contributed by atoms with Crippen LogP contribution in [0.2, 0.25) is 0 Å². The van der Waals surface area contributed by atoms with Crippen molar-refractivity contribution in [1.29, 1.82) is 0 Å². The van der Waals surface area contributed by atoms with E-state index >= 15 is 0 Å². The van der Waals surface area contributed by atoms with E-state index in [0.29, 0.717) is 19.3 Å². The molecule has 386 valence electrons. The van der Waals surface area contributed by atoms with E-state index in [1.54, 1.807) is 0 Å². The number of rotatable bonds is 50. The zero-order chi connectivity index (χ0) is 48.8. The summed E-state index contributed by atoms with van der Waals surface area (Å²) in [6, 6.07) is -0.726. The lowest BCUT2D eigenvalue weighted by Gasteiger charge is -2.24. The number of nitrogens with one attached hydrogen (secondary N) is 1. The van der Waals surface area contributed by atoms with Crippen molar-refractivity contribution in [3.8, 4) is 0 Å². The molecule has 3 unspecified atom stereocenters. The van der Waals surface area contributed by atoms with Gasteiger partial charge >= 0.3 is 5.97 Å². The van der Waals surface area contributed by atoms with Crippen LogP contribution in [0.4, 0.5) is 0 Å². The highest BCUT2D eigenvalue weighted by molar-refractivity contribution is 5.77. The molecule has 3 atom stereocenters. The number of esters is 1. The fourth-order valence-electron chi connectivity index (χ4n) is 8.20. The highest BCUT2D eigenvalue weighted by atomic mass is 16.5. The molecule has 0 saturated heterocycles. The largest absolute Gasteiger partial charge is 0.462 e. The van der Waals surface area contributed by atoms with Gasteiger partial charge in [-0.2, -0.15) is 0 Å². The van der Waals surface area contributed by atoms with Gasteiger partial charge in [0.15, 0.2) is 0 Å². The van der Waals surface area contributed by atoms with Crippen LogP contribution in [0.25, 0.3) is 0 Å². The van der Waals surface area contributed by atoms with Gasteiger partial charge in [0.2, 0.25) is 5.91 Å². The molecule has 0 aliphatic carbocycles. The van der Waals surface area contributed by atoms with Crippen LogP contribution in [0.1, 0.15) is 265 Å². The van der Waals surface area contributed by atoms with Gasteiger partial charge in [0.25, 0.3) is 0 Å². The number of hydrogen-bond donors (Lipinski definition) is 3. The molecule has 0 rings (SSSR count). The molecule has 0 aliphatic rings. The molecule has 0 aliphatic heterocycles. The fourth-order valence-corrected chi connectivity index (χ4v) is 8.20. The third-order valence-electron chi connectivity index (χ3n) is 12.5. The molecule has 0 aromatic rings. The molecule has 0 fully saturated rings. The van der Waals surface area contributed by atoms with Crippen LogP contribution in [-0.2, 0) is 14.3 Å². The number of carbonyl (C=O) groups is 2. The zero-order valence-corrected chi connectivity index (χ0v) is 44.0. The average Bonchev–Trinajstić information content (AvgIpc) is 3.32. The minimum atomic E-state index is -0.808. The first-order valence-corrected chi connectivity index (χ1v) is 28.3. The zero-order valence-electron chi connectivity index (χ0n) is 44.0. The maximum absolute atomic E-state index is 13.3. The fraction of sp³-hybridized carbons (Fsp3) is 0.738. The molecule has 67 heavy (non-hydrogen) atoms. The summed E-state index contributed by atoms with van der Waals surface area (Å²) in [6.45, 7) is 6.34. The molecule has 0 radical (unpaired) electrons. The van der Waals surface area contributed by atoms with Crippen LogP contribution in [0.15, 0.2) is 85.1 Å². The second kappa shape index (κ2) is 54.0. The van der Waals surface area contributed by atoms with Gasteiger partial charge in [-0.15, -0.1) is 0 Å². The summed E-state index contributed by atoms with van der Waals surface area (Å²) in [6.07, 6.45) is 70.7. The van der Waals surface area contributed by atoms with Crippen LogP contribution < -0.4 is 5.32 Å². The second-order valence-corrected chi connectivity index (χ2v) is 19.0. The van der Waals surface area contributed by atoms with Gasteiger partial charge in [0.05, 0.1) is 25.2 Å². The summed E-state index contributed by atoms with van der Waals surface area (Å²) in [7, 11) is 0. The maximum Gasteiger partial charge on any atom is 0.306 e. The highest BCUT2D eigenvalue weighted by Crippen LogP contribution is 2.17. The van der Waals surface area contributed by atoms with Gasteiger partial charge in [-0.05, 0) is 96.3 Å². The molecule has 3 N–H and O–H groups in total. The summed E-state index contributed by atoms with van der Waals surface area (Å²) < 4.78 is 5.93. The normalized spacial score (nSPS) is 13.8. The average molecular weight is 935 g/mol. The van der Waals surface area contributed by atoms with Crippen molar-refractivity contribution in [2.24, 2.45) is 0 Å². The van der Waals surface area contributed by atoms with E-state index in [1.807, 2.05) is 0 Å². The number of aliphatic hydroxyl groups excluding tert-OH is 2. The Morgan fingerprint density at radius 2 is 0.821 bits per heavy atom. The van der Waals surface area contributed by atoms with Crippen LogP contribution in [0.3, 0.4) is 0 Å². The predicted molar refractivity (Wildman–Crippen MR) is 291 cm³/mol. The van der Waals surface area contributed by atoms with E-state index in [1.165, 1.54) is 122 Å². The number of unbranched alkanes of at least 4 members (excludes halogenated alkanes) is 24. The van der Waals surface area contributed by atoms with E-state index in [-0.39, 0.29) is 24.9 Å². The Labute approximate surface area is 414 Å². The molecular formula is C61H107NO5. The Morgan fingerprint density at radius 3 is 1.28 bits per heavy atom. The number of carbonyl (C=O) groups excluding carboxylic acids is 2. The summed E-state index contributed by atoms with van der Waals surface area (Å²) in [5.74, 6) is -0.538. The van der Waals surface area contributed by atoms with Crippen LogP contribution in [0, 0.1) is 0 Å². The molecule has 0 spiro atoms. The van der Waals surface area contributed by atoms with E-state index in [4.69, 9.17) is 4.74 Å². The number of ether oxygens (including phenoxy) is 1. The minimum absolute atomic E-state index is 0.0322. The third-order valence-corrected chi connectivity index (χ3v) is 12.5. The van der Waals surface area contributed by atoms with Crippen molar-refractivity contribution < 1.29 is 24.5 Å². The summed E-state index contributed by atoms with van der Waals surface area (Å²) >= 11 is 0. The number of hydrogen-bond acceptors (Lipinski definition) is 5. The first-order valence-electron chi connectivity index (χ1n) is 28.3. The lowest BCUT2D eigenvalue weighted by molar-refractivity contribution is -0.151. The Bertz CT molecular complexity index is 1280. The van der Waals surface area contributed by atoms with Gasteiger partial charge in [0, 0.05) is 6.42 Å². The molecule has 0 aromatic heterocycles. The Kier molecular flexibility index (Phi) is 51.6. The SMILES string of the molecule is CC/C=C\C/C=C\C/C=C\C/C=C\C/C=C\CCCC(CC(=O)NC(CO)C(O)CCCCCCCCCCCCCCCC)OC(=O)CCCCCCCCC/C=C\C/C=C\CCCCC. The highest BCUT2D eigenvalue weighted by Gasteiger charge is 2.24. The summed E-state index contributed by atoms with van der Waals surface area (Å²) in [5.41, 5.74) is 0. The third kappa shape index (κ3) is 49.3. The van der Waals surface area contributed by atoms with Crippen molar-refractivity contribution in [2.75, 3.05) is 6.61 Å². The monoisotopic (exact) mass is 934 g/mol. The van der Waals surface area contributed by atoms with E-state index < -0.39 is 18.2 Å². The molecule has 0 aromatic carbocycles. The van der Waals surface area contributed by atoms with Crippen molar-refractivity contribution in [2.45, 2.75) is 283 Å². The van der Waals surface area contributed by atoms with Gasteiger partial charge in [-0.1, -0.05) is 241 Å². The number of allylic oxidation sites excluding steroid dienone is 14. The van der Waals surface area contributed by atoms with Crippen molar-refractivity contribution in [3.05, 3.63) is 85.1 Å². The minimum Gasteiger partial charge on any atom is -0.462 e. The summed E-state index contributed by atoms with van der Waals surface area (Å²) in [5, 5.41) is 23.8. The lowest BCUT2D eigenvalue weighted by Crippen LogP contribution is -2.46. The smallest absolute Gasteiger partial charge is 0.306 e. The first-order chi connectivity index (χ1) is 33.0. The van der Waals surface area contributed by atoms with Gasteiger partial charge < -0.3 is 20.3 Å². The predicted octanol–water partition coefficient (Wildman–Crippen LogP) is 17.5. The molecule has 6 nitrogen and oxygen atoms in total. The van der Waals surface area contributed by atoms with Crippen LogP contribution >= 0.6 is 0 Å². The number of aliphatic hydroxyl groups is 2. The molecular weight excluding hydrogens is 827 g/mol. The first kappa shape index (κ1) is 64.0. The molecule has 0 bridgehead atoms. The quantitative estimate of drug-likeness (QED) is 0.0321. The number of amides is 1. The van der Waals surface area contributed by atoms with E-state index in [9.17, 15) is 19.8 Å². The van der Waals surface area contributed by atoms with Crippen molar-refractivity contribution in [3.63, 3.8) is 0 Å². The van der Waals surface area contributed by atoms with Crippen LogP contribution in [0.5, 0.6) is 0 Å². The Hall–Kier alpha value is -2.96. The molecule has 0 heterocycles. The van der Waals surface area contributed by atoms with E-state index in [0.717, 1.165) is 96.3 Å². The van der Waals surface area contributed by atoms with E-state index in [2.05, 4.69) is 111 Å². The Morgan fingerprint density at radius 1 is 0.448 bits per heavy atom. The molecule has 1 amide bonds.